The Hall–Kier alpha value is -1.26. The van der Waals surface area contributed by atoms with Gasteiger partial charge in [-0.25, -0.2) is 0 Å². The molecule has 0 amide bonds. The molecule has 1 heterocycles. The van der Waals surface area contributed by atoms with Crippen molar-refractivity contribution >= 4 is 22.1 Å². The van der Waals surface area contributed by atoms with Crippen LogP contribution in [0.3, 0.4) is 0 Å². The summed E-state index contributed by atoms with van der Waals surface area (Å²) in [7, 11) is 0. The van der Waals surface area contributed by atoms with Crippen molar-refractivity contribution in [2.45, 2.75) is 110 Å². The molecule has 0 bridgehead atoms. The molecule has 0 aliphatic heterocycles. The summed E-state index contributed by atoms with van der Waals surface area (Å²) in [4.78, 5) is 0. The number of alkyl halides is 6. The van der Waals surface area contributed by atoms with Gasteiger partial charge < -0.3 is 0 Å². The van der Waals surface area contributed by atoms with Crippen LogP contribution in [0.5, 0.6) is 0 Å². The average Bonchev–Trinajstić information content (AvgIpc) is 3.57. The number of nitrogens with zero attached hydrogens (tertiary/aromatic N) is 3. The van der Waals surface area contributed by atoms with Crippen molar-refractivity contribution in [3.05, 3.63) is 40.6 Å². The topological polar surface area (TPSA) is 30.7 Å². The van der Waals surface area contributed by atoms with E-state index in [1.54, 1.807) is 4.68 Å². The molecule has 1 saturated carbocycles. The van der Waals surface area contributed by atoms with E-state index in [1.165, 1.54) is 13.3 Å². The van der Waals surface area contributed by atoms with Gasteiger partial charge in [-0.3, -0.25) is 0 Å². The summed E-state index contributed by atoms with van der Waals surface area (Å²) >= 11 is -2.99. The monoisotopic (exact) mass is 625 g/mol. The summed E-state index contributed by atoms with van der Waals surface area (Å²) in [5.41, 5.74) is -1.63. The van der Waals surface area contributed by atoms with Gasteiger partial charge in [0.05, 0.1) is 0 Å². The third kappa shape index (κ3) is 7.19. The van der Waals surface area contributed by atoms with Crippen LogP contribution in [0.15, 0.2) is 18.2 Å². The molecule has 36 heavy (non-hydrogen) atoms. The molecule has 10 heteroatoms. The van der Waals surface area contributed by atoms with Gasteiger partial charge in [0.15, 0.2) is 0 Å². The fourth-order valence-corrected chi connectivity index (χ4v) is 21.4. The zero-order valence-electron chi connectivity index (χ0n) is 21.4. The first kappa shape index (κ1) is 29.3. The van der Waals surface area contributed by atoms with E-state index in [0.29, 0.717) is 0 Å². The van der Waals surface area contributed by atoms with E-state index in [1.807, 2.05) is 0 Å². The fraction of sp³-hybridized carbons (Fsp3) is 0.692. The van der Waals surface area contributed by atoms with Crippen LogP contribution in [0.1, 0.15) is 100 Å². The number of benzene rings is 1. The molecular formula is C26H37F6N3Sn. The Kier molecular flexibility index (Phi) is 9.82. The molecule has 1 fully saturated rings. The summed E-state index contributed by atoms with van der Waals surface area (Å²) in [6.07, 6.45) is -1.14. The van der Waals surface area contributed by atoms with Gasteiger partial charge in [0.25, 0.3) is 0 Å². The van der Waals surface area contributed by atoms with Crippen LogP contribution in [-0.4, -0.2) is 33.4 Å². The summed E-state index contributed by atoms with van der Waals surface area (Å²) in [5, 5.41) is 9.11. The van der Waals surface area contributed by atoms with E-state index in [0.717, 1.165) is 72.9 Å². The molecule has 0 unspecified atom stereocenters. The molecule has 1 aliphatic rings. The van der Waals surface area contributed by atoms with E-state index in [2.05, 4.69) is 26.0 Å². The second-order valence-electron chi connectivity index (χ2n) is 10.3. The molecule has 0 saturated heterocycles. The maximum absolute atomic E-state index is 13.4. The van der Waals surface area contributed by atoms with Crippen LogP contribution in [-0.2, 0) is 18.9 Å². The predicted molar refractivity (Wildman–Crippen MR) is 132 cm³/mol. The van der Waals surface area contributed by atoms with Crippen LogP contribution in [0, 0.1) is 0 Å². The van der Waals surface area contributed by atoms with Gasteiger partial charge in [0, 0.05) is 0 Å². The van der Waals surface area contributed by atoms with Gasteiger partial charge in [0.1, 0.15) is 0 Å². The van der Waals surface area contributed by atoms with Crippen LogP contribution < -0.4 is 3.71 Å². The number of unbranched alkanes of at least 4 members (excludes halogenated alkanes) is 3. The van der Waals surface area contributed by atoms with E-state index in [9.17, 15) is 26.3 Å². The summed E-state index contributed by atoms with van der Waals surface area (Å²) in [6.45, 7) is 6.41. The Morgan fingerprint density at radius 1 is 0.806 bits per heavy atom. The van der Waals surface area contributed by atoms with Gasteiger partial charge in [-0.1, -0.05) is 0 Å². The molecule has 0 N–H and O–H groups in total. The van der Waals surface area contributed by atoms with E-state index < -0.39 is 41.9 Å². The number of hydrogen-bond acceptors (Lipinski definition) is 2. The standard InChI is InChI=1S/C14H10F6N3.3C4H9.Sn/c15-13(16,17)10-3-8(4-11(5-10)14(18,19)20)7-23-12(6-21-22-23)9-1-2-9;3*1-3-4-2;/h3-5,9H,1-2,7H2;3*1,3-4H2,2H3;. The van der Waals surface area contributed by atoms with Crippen LogP contribution >= 0.6 is 0 Å². The number of halogens is 6. The maximum atomic E-state index is 13.4. The SMILES string of the molecule is CCC[CH2][Sn]([CH2]CCC)([CH2]CCC)[c]1nnn(Cc2cc(C(F)(F)F)cc(C(F)(F)F)c2)c1C1CC1. The predicted octanol–water partition coefficient (Wildman–Crippen LogP) is 8.30. The first-order chi connectivity index (χ1) is 16.9. The molecule has 3 nitrogen and oxygen atoms in total. The number of hydrogen-bond donors (Lipinski definition) is 0. The van der Waals surface area contributed by atoms with Crippen LogP contribution in [0.25, 0.3) is 0 Å². The Morgan fingerprint density at radius 3 is 1.67 bits per heavy atom. The third-order valence-corrected chi connectivity index (χ3v) is 22.4. The quantitative estimate of drug-likeness (QED) is 0.166. The minimum absolute atomic E-state index is 0.0491. The van der Waals surface area contributed by atoms with Crippen molar-refractivity contribution in [3.8, 4) is 0 Å². The molecule has 0 radical (unpaired) electrons. The molecule has 0 spiro atoms. The number of rotatable bonds is 13. The third-order valence-electron chi connectivity index (χ3n) is 7.25. The van der Waals surface area contributed by atoms with E-state index in [4.69, 9.17) is 5.10 Å². The first-order valence-corrected chi connectivity index (χ1v) is 20.7. The van der Waals surface area contributed by atoms with Crippen molar-refractivity contribution in [2.24, 2.45) is 0 Å². The molecule has 1 aromatic carbocycles. The van der Waals surface area contributed by atoms with Crippen molar-refractivity contribution in [1.82, 2.24) is 15.0 Å². The fourth-order valence-electron chi connectivity index (χ4n) is 5.14. The van der Waals surface area contributed by atoms with Gasteiger partial charge in [-0.15, -0.1) is 0 Å². The van der Waals surface area contributed by atoms with Crippen molar-refractivity contribution in [1.29, 1.82) is 0 Å². The second-order valence-corrected chi connectivity index (χ2v) is 23.2. The zero-order chi connectivity index (χ0) is 26.6. The van der Waals surface area contributed by atoms with Crippen LogP contribution in [0.2, 0.25) is 13.3 Å². The van der Waals surface area contributed by atoms with Crippen molar-refractivity contribution in [3.63, 3.8) is 0 Å². The van der Waals surface area contributed by atoms with Crippen LogP contribution in [0.4, 0.5) is 26.3 Å². The summed E-state index contributed by atoms with van der Waals surface area (Å²) in [6, 6.07) is 1.81. The molecule has 1 aromatic heterocycles. The molecule has 3 rings (SSSR count). The van der Waals surface area contributed by atoms with Gasteiger partial charge in [-0.2, -0.15) is 0 Å². The summed E-state index contributed by atoms with van der Waals surface area (Å²) < 4.78 is 86.8. The van der Waals surface area contributed by atoms with E-state index in [-0.39, 0.29) is 24.1 Å². The Morgan fingerprint density at radius 2 is 1.28 bits per heavy atom. The second kappa shape index (κ2) is 12.1. The van der Waals surface area contributed by atoms with E-state index >= 15 is 0 Å². The molecule has 0 atom stereocenters. The number of aromatic nitrogens is 3. The Balaban J connectivity index is 2.08. The zero-order valence-corrected chi connectivity index (χ0v) is 24.3. The average molecular weight is 624 g/mol. The van der Waals surface area contributed by atoms with Crippen molar-refractivity contribution in [2.75, 3.05) is 0 Å². The molecule has 2 aromatic rings. The molecule has 202 valence electrons. The van der Waals surface area contributed by atoms with Gasteiger partial charge in [-0.05, 0) is 0 Å². The first-order valence-electron chi connectivity index (χ1n) is 13.2. The van der Waals surface area contributed by atoms with Gasteiger partial charge in [0.2, 0.25) is 0 Å². The Bertz CT molecular complexity index is 941. The van der Waals surface area contributed by atoms with Gasteiger partial charge >= 0.3 is 214 Å². The normalized spacial score (nSPS) is 15.0. The molecule has 1 aliphatic carbocycles. The summed E-state index contributed by atoms with van der Waals surface area (Å²) in [5.74, 6) is 0.254. The van der Waals surface area contributed by atoms with Crippen molar-refractivity contribution < 1.29 is 26.3 Å². The Labute approximate surface area is 213 Å². The minimum atomic E-state index is -4.87. The molecular weight excluding hydrogens is 587 g/mol.